The summed E-state index contributed by atoms with van der Waals surface area (Å²) in [5.41, 5.74) is 1.02. The van der Waals surface area contributed by atoms with Crippen molar-refractivity contribution in [2.45, 2.75) is 0 Å². The van der Waals surface area contributed by atoms with Crippen LogP contribution in [0.1, 0.15) is 0 Å². The molecule has 0 aliphatic carbocycles. The third kappa shape index (κ3) is 3.38. The summed E-state index contributed by atoms with van der Waals surface area (Å²) in [6.45, 7) is 0. The Balaban J connectivity index is 1.47. The van der Waals surface area contributed by atoms with Crippen LogP contribution in [-0.4, -0.2) is 16.2 Å². The first-order valence-electron chi connectivity index (χ1n) is 7.84. The summed E-state index contributed by atoms with van der Waals surface area (Å²) in [7, 11) is 0. The average Bonchev–Trinajstić information content (AvgIpc) is 3.10. The van der Waals surface area contributed by atoms with Gasteiger partial charge in [-0.25, -0.2) is 9.18 Å². The van der Waals surface area contributed by atoms with Crippen LogP contribution in [0.2, 0.25) is 0 Å². The summed E-state index contributed by atoms with van der Waals surface area (Å²) >= 11 is 1.11. The molecule has 26 heavy (non-hydrogen) atoms. The van der Waals surface area contributed by atoms with Gasteiger partial charge in [0.05, 0.1) is 0 Å². The monoisotopic (exact) mass is 364 g/mol. The second kappa shape index (κ2) is 6.89. The van der Waals surface area contributed by atoms with E-state index in [1.807, 2.05) is 42.5 Å². The Morgan fingerprint density at radius 2 is 1.65 bits per heavy atom. The second-order valence-electron chi connectivity index (χ2n) is 5.53. The van der Waals surface area contributed by atoms with Crippen LogP contribution in [0.15, 0.2) is 66.7 Å². The molecule has 0 fully saturated rings. The Bertz CT molecular complexity index is 1100. The maximum atomic E-state index is 13.8. The molecule has 2 N–H and O–H groups in total. The quantitative estimate of drug-likeness (QED) is 0.529. The van der Waals surface area contributed by atoms with Gasteiger partial charge >= 0.3 is 6.03 Å². The van der Waals surface area contributed by atoms with Crippen molar-refractivity contribution in [3.05, 3.63) is 72.5 Å². The molecule has 4 aromatic rings. The molecule has 0 unspecified atom stereocenters. The molecule has 0 bridgehead atoms. The molecule has 4 rings (SSSR count). The highest BCUT2D eigenvalue weighted by molar-refractivity contribution is 7.18. The van der Waals surface area contributed by atoms with E-state index in [1.54, 1.807) is 18.2 Å². The van der Waals surface area contributed by atoms with Crippen LogP contribution in [0, 0.1) is 5.82 Å². The Hall–Kier alpha value is -3.32. The van der Waals surface area contributed by atoms with Gasteiger partial charge in [-0.15, -0.1) is 10.2 Å². The number of urea groups is 1. The van der Waals surface area contributed by atoms with Crippen molar-refractivity contribution >= 4 is 39.0 Å². The molecule has 3 aromatic carbocycles. The molecule has 0 spiro atoms. The van der Waals surface area contributed by atoms with Crippen LogP contribution in [0.5, 0.6) is 0 Å². The number of benzene rings is 3. The van der Waals surface area contributed by atoms with Crippen LogP contribution in [0.3, 0.4) is 0 Å². The molecule has 5 nitrogen and oxygen atoms in total. The first-order chi connectivity index (χ1) is 12.7. The molecule has 0 aliphatic heterocycles. The number of nitrogens with zero attached hydrogens (tertiary/aromatic N) is 2. The van der Waals surface area contributed by atoms with Crippen molar-refractivity contribution in [1.82, 2.24) is 10.2 Å². The topological polar surface area (TPSA) is 66.9 Å². The predicted octanol–water partition coefficient (Wildman–Crippen LogP) is 5.14. The van der Waals surface area contributed by atoms with Gasteiger partial charge in [0.15, 0.2) is 5.01 Å². The van der Waals surface area contributed by atoms with Gasteiger partial charge in [-0.3, -0.25) is 5.32 Å². The van der Waals surface area contributed by atoms with Crippen LogP contribution in [-0.2, 0) is 0 Å². The second-order valence-corrected chi connectivity index (χ2v) is 6.51. The normalized spacial score (nSPS) is 10.7. The number of nitrogens with one attached hydrogen (secondary N) is 2. The lowest BCUT2D eigenvalue weighted by atomic mass is 10.1. The number of halogens is 1. The number of carbonyl (C=O) groups excluding carboxylic acids is 1. The fraction of sp³-hybridized carbons (Fsp3) is 0. The molecular weight excluding hydrogens is 351 g/mol. The lowest BCUT2D eigenvalue weighted by Gasteiger charge is -2.06. The third-order valence-electron chi connectivity index (χ3n) is 3.76. The zero-order chi connectivity index (χ0) is 17.9. The van der Waals surface area contributed by atoms with Gasteiger partial charge in [0, 0.05) is 11.3 Å². The zero-order valence-electron chi connectivity index (χ0n) is 13.4. The highest BCUT2D eigenvalue weighted by atomic mass is 32.1. The third-order valence-corrected chi connectivity index (χ3v) is 4.63. The summed E-state index contributed by atoms with van der Waals surface area (Å²) in [5, 5.41) is 16.0. The average molecular weight is 364 g/mol. The van der Waals surface area contributed by atoms with Gasteiger partial charge in [-0.2, -0.15) is 0 Å². The fourth-order valence-electron chi connectivity index (χ4n) is 2.54. The van der Waals surface area contributed by atoms with Gasteiger partial charge in [-0.05, 0) is 35.0 Å². The number of hydrogen-bond donors (Lipinski definition) is 2. The van der Waals surface area contributed by atoms with E-state index >= 15 is 0 Å². The summed E-state index contributed by atoms with van der Waals surface area (Å²) in [4.78, 5) is 12.2. The molecule has 1 aromatic heterocycles. The lowest BCUT2D eigenvalue weighted by Crippen LogP contribution is -2.19. The van der Waals surface area contributed by atoms with E-state index in [4.69, 9.17) is 0 Å². The van der Waals surface area contributed by atoms with Crippen LogP contribution in [0.4, 0.5) is 20.0 Å². The standard InChI is InChI=1S/C19H13FN4OS/c20-16-8-4-3-7-15(16)17-23-24-19(26-17)22-18(25)21-14-10-9-12-5-1-2-6-13(12)11-14/h1-11H,(H2,21,22,24,25). The lowest BCUT2D eigenvalue weighted by molar-refractivity contribution is 0.262. The Morgan fingerprint density at radius 3 is 2.50 bits per heavy atom. The molecule has 0 atom stereocenters. The molecule has 128 valence electrons. The van der Waals surface area contributed by atoms with E-state index in [0.717, 1.165) is 22.1 Å². The maximum Gasteiger partial charge on any atom is 0.325 e. The van der Waals surface area contributed by atoms with Gasteiger partial charge in [0.2, 0.25) is 5.13 Å². The van der Waals surface area contributed by atoms with Crippen LogP contribution < -0.4 is 10.6 Å². The first kappa shape index (κ1) is 16.2. The van der Waals surface area contributed by atoms with Crippen LogP contribution in [0.25, 0.3) is 21.3 Å². The van der Waals surface area contributed by atoms with E-state index in [-0.39, 0.29) is 5.82 Å². The van der Waals surface area contributed by atoms with Crippen LogP contribution >= 0.6 is 11.3 Å². The summed E-state index contributed by atoms with van der Waals surface area (Å²) in [6.07, 6.45) is 0. The molecule has 0 saturated carbocycles. The van der Waals surface area contributed by atoms with Crippen molar-refractivity contribution in [3.8, 4) is 10.6 Å². The molecule has 0 saturated heterocycles. The van der Waals surface area contributed by atoms with E-state index in [0.29, 0.717) is 21.4 Å². The number of fused-ring (bicyclic) bond motifs is 1. The van der Waals surface area contributed by atoms with Crippen molar-refractivity contribution in [1.29, 1.82) is 0 Å². The van der Waals surface area contributed by atoms with E-state index < -0.39 is 6.03 Å². The van der Waals surface area contributed by atoms with Gasteiger partial charge in [-0.1, -0.05) is 53.8 Å². The molecule has 1 heterocycles. The number of rotatable bonds is 3. The first-order valence-corrected chi connectivity index (χ1v) is 8.66. The van der Waals surface area contributed by atoms with Crippen molar-refractivity contribution in [2.24, 2.45) is 0 Å². The smallest absolute Gasteiger partial charge is 0.308 e. The summed E-state index contributed by atoms with van der Waals surface area (Å²) < 4.78 is 13.8. The van der Waals surface area contributed by atoms with E-state index in [2.05, 4.69) is 20.8 Å². The van der Waals surface area contributed by atoms with Gasteiger partial charge < -0.3 is 5.32 Å². The number of amides is 2. The summed E-state index contributed by atoms with van der Waals surface area (Å²) in [6, 6.07) is 19.4. The Morgan fingerprint density at radius 1 is 0.885 bits per heavy atom. The maximum absolute atomic E-state index is 13.8. The summed E-state index contributed by atoms with van der Waals surface area (Å²) in [5.74, 6) is -0.379. The van der Waals surface area contributed by atoms with Gasteiger partial charge in [0.25, 0.3) is 0 Å². The highest BCUT2D eigenvalue weighted by Crippen LogP contribution is 2.28. The minimum atomic E-state index is -0.434. The van der Waals surface area contributed by atoms with Crippen molar-refractivity contribution < 1.29 is 9.18 Å². The number of aromatic nitrogens is 2. The van der Waals surface area contributed by atoms with Crippen molar-refractivity contribution in [2.75, 3.05) is 10.6 Å². The molecule has 0 radical (unpaired) electrons. The molecule has 2 amide bonds. The predicted molar refractivity (Wildman–Crippen MR) is 102 cm³/mol. The SMILES string of the molecule is O=C(Nc1ccc2ccccc2c1)Nc1nnc(-c2ccccc2F)s1. The van der Waals surface area contributed by atoms with Gasteiger partial charge in [0.1, 0.15) is 5.82 Å². The Kier molecular flexibility index (Phi) is 4.28. The zero-order valence-corrected chi connectivity index (χ0v) is 14.3. The molecular formula is C19H13FN4OS. The molecule has 7 heteroatoms. The highest BCUT2D eigenvalue weighted by Gasteiger charge is 2.12. The number of anilines is 2. The van der Waals surface area contributed by atoms with E-state index in [9.17, 15) is 9.18 Å². The molecule has 0 aliphatic rings. The minimum Gasteiger partial charge on any atom is -0.308 e. The fourth-order valence-corrected chi connectivity index (χ4v) is 3.31. The van der Waals surface area contributed by atoms with E-state index in [1.165, 1.54) is 6.07 Å². The minimum absolute atomic E-state index is 0.293. The number of hydrogen-bond acceptors (Lipinski definition) is 4. The number of carbonyl (C=O) groups is 1. The largest absolute Gasteiger partial charge is 0.325 e. The van der Waals surface area contributed by atoms with Crippen molar-refractivity contribution in [3.63, 3.8) is 0 Å². The Labute approximate surface area is 152 Å².